The Morgan fingerprint density at radius 1 is 1.47 bits per heavy atom. The molecule has 2 aromatic rings. The van der Waals surface area contributed by atoms with Crippen molar-refractivity contribution in [3.63, 3.8) is 0 Å². The summed E-state index contributed by atoms with van der Waals surface area (Å²) in [6.07, 6.45) is 1.65. The molecule has 0 aliphatic heterocycles. The van der Waals surface area contributed by atoms with Crippen LogP contribution in [0.1, 0.15) is 21.1 Å². The topological polar surface area (TPSA) is 114 Å². The van der Waals surface area contributed by atoms with Gasteiger partial charge >= 0.3 is 0 Å². The fraction of sp³-hybridized carbons (Fsp3) is 0.400. The Bertz CT molecular complexity index is 674. The van der Waals surface area contributed by atoms with E-state index < -0.39 is 10.0 Å². The molecule has 0 fully saturated rings. The number of hydrogen-bond acceptors (Lipinski definition) is 6. The maximum absolute atomic E-state index is 12.1. The molecule has 0 saturated carbocycles. The predicted molar refractivity (Wildman–Crippen MR) is 72.1 cm³/mol. The van der Waals surface area contributed by atoms with Crippen LogP contribution in [0.15, 0.2) is 11.2 Å². The van der Waals surface area contributed by atoms with Crippen molar-refractivity contribution in [2.45, 2.75) is 32.0 Å². The number of thiazole rings is 1. The highest BCUT2D eigenvalue weighted by molar-refractivity contribution is 7.89. The van der Waals surface area contributed by atoms with Gasteiger partial charge in [0, 0.05) is 35.4 Å². The highest BCUT2D eigenvalue weighted by atomic mass is 32.2. The number of sulfonamides is 1. The van der Waals surface area contributed by atoms with Crippen LogP contribution in [0, 0.1) is 13.8 Å². The molecular formula is C10H15N5O2S2. The molecule has 0 unspecified atom stereocenters. The molecule has 2 aromatic heterocycles. The molecular weight excluding hydrogens is 286 g/mol. The highest BCUT2D eigenvalue weighted by Crippen LogP contribution is 2.17. The van der Waals surface area contributed by atoms with Gasteiger partial charge in [0.2, 0.25) is 0 Å². The molecule has 2 rings (SSSR count). The zero-order valence-corrected chi connectivity index (χ0v) is 12.2. The van der Waals surface area contributed by atoms with E-state index in [0.29, 0.717) is 11.3 Å². The van der Waals surface area contributed by atoms with Crippen LogP contribution in [-0.4, -0.2) is 23.6 Å². The molecule has 19 heavy (non-hydrogen) atoms. The van der Waals surface area contributed by atoms with Crippen LogP contribution in [0.3, 0.4) is 0 Å². The minimum absolute atomic E-state index is 0.0336. The van der Waals surface area contributed by atoms with Gasteiger partial charge in [-0.05, 0) is 13.8 Å². The summed E-state index contributed by atoms with van der Waals surface area (Å²) in [7, 11) is -3.66. The summed E-state index contributed by atoms with van der Waals surface area (Å²) in [6.45, 7) is 3.93. The van der Waals surface area contributed by atoms with Gasteiger partial charge in [0.1, 0.15) is 0 Å². The van der Waals surface area contributed by atoms with E-state index in [0.717, 1.165) is 9.88 Å². The fourth-order valence-electron chi connectivity index (χ4n) is 1.61. The van der Waals surface area contributed by atoms with Crippen LogP contribution < -0.4 is 10.5 Å². The van der Waals surface area contributed by atoms with Crippen LogP contribution >= 0.6 is 11.3 Å². The van der Waals surface area contributed by atoms with Crippen LogP contribution in [0.4, 0.5) is 0 Å². The van der Waals surface area contributed by atoms with E-state index in [4.69, 9.17) is 5.73 Å². The molecule has 0 amide bonds. The molecule has 7 nitrogen and oxygen atoms in total. The summed E-state index contributed by atoms with van der Waals surface area (Å²) >= 11 is 1.45. The van der Waals surface area contributed by atoms with Crippen molar-refractivity contribution in [2.75, 3.05) is 0 Å². The van der Waals surface area contributed by atoms with Crippen LogP contribution in [0.5, 0.6) is 0 Å². The minimum atomic E-state index is -3.66. The maximum Gasteiger partial charge on any atom is 0.260 e. The second kappa shape index (κ2) is 5.37. The molecule has 0 atom stereocenters. The minimum Gasteiger partial charge on any atom is -0.326 e. The molecule has 0 aliphatic carbocycles. The first kappa shape index (κ1) is 14.1. The first-order valence-electron chi connectivity index (χ1n) is 5.59. The van der Waals surface area contributed by atoms with Crippen LogP contribution in [0.2, 0.25) is 0 Å². The number of aryl methyl sites for hydroxylation is 2. The number of nitrogens with two attached hydrogens (primary N) is 1. The number of H-pyrrole nitrogens is 1. The van der Waals surface area contributed by atoms with Gasteiger partial charge < -0.3 is 5.73 Å². The van der Waals surface area contributed by atoms with E-state index >= 15 is 0 Å². The van der Waals surface area contributed by atoms with Gasteiger partial charge in [-0.15, -0.1) is 11.3 Å². The highest BCUT2D eigenvalue weighted by Gasteiger charge is 2.22. The fourth-order valence-corrected chi connectivity index (χ4v) is 3.65. The lowest BCUT2D eigenvalue weighted by atomic mass is 10.3. The molecule has 104 valence electrons. The van der Waals surface area contributed by atoms with Crippen LogP contribution in [-0.2, 0) is 23.1 Å². The van der Waals surface area contributed by atoms with Gasteiger partial charge in [0.15, 0.2) is 5.03 Å². The van der Waals surface area contributed by atoms with Crippen molar-refractivity contribution in [3.05, 3.63) is 27.3 Å². The van der Waals surface area contributed by atoms with E-state index in [1.165, 1.54) is 11.3 Å². The van der Waals surface area contributed by atoms with Crippen molar-refractivity contribution in [1.29, 1.82) is 0 Å². The number of aromatic amines is 1. The smallest absolute Gasteiger partial charge is 0.260 e. The monoisotopic (exact) mass is 301 g/mol. The summed E-state index contributed by atoms with van der Waals surface area (Å²) in [6, 6.07) is 0. The lowest BCUT2D eigenvalue weighted by Crippen LogP contribution is -2.24. The summed E-state index contributed by atoms with van der Waals surface area (Å²) in [5, 5.41) is 7.31. The van der Waals surface area contributed by atoms with Gasteiger partial charge in [0.25, 0.3) is 10.0 Å². The first-order chi connectivity index (χ1) is 8.94. The van der Waals surface area contributed by atoms with Crippen molar-refractivity contribution in [1.82, 2.24) is 19.9 Å². The zero-order valence-electron chi connectivity index (χ0n) is 10.6. The summed E-state index contributed by atoms with van der Waals surface area (Å²) in [4.78, 5) is 4.92. The van der Waals surface area contributed by atoms with Gasteiger partial charge in [-0.1, -0.05) is 0 Å². The van der Waals surface area contributed by atoms with E-state index in [1.807, 2.05) is 6.92 Å². The Morgan fingerprint density at radius 3 is 2.79 bits per heavy atom. The number of nitrogens with one attached hydrogen (secondary N) is 2. The Hall–Kier alpha value is -1.29. The molecule has 9 heteroatoms. The van der Waals surface area contributed by atoms with Crippen molar-refractivity contribution < 1.29 is 8.42 Å². The predicted octanol–water partition coefficient (Wildman–Crippen LogP) is 0.420. The van der Waals surface area contributed by atoms with Crippen LogP contribution in [0.25, 0.3) is 0 Å². The third-order valence-corrected chi connectivity index (χ3v) is 4.88. The largest absolute Gasteiger partial charge is 0.326 e. The third-order valence-electron chi connectivity index (χ3n) is 2.60. The Kier molecular flexibility index (Phi) is 3.99. The molecule has 4 N–H and O–H groups in total. The molecule has 0 aliphatic rings. The third kappa shape index (κ3) is 3.00. The Balaban J connectivity index is 2.18. The second-order valence-electron chi connectivity index (χ2n) is 4.01. The lowest BCUT2D eigenvalue weighted by Gasteiger charge is -2.04. The normalized spacial score (nSPS) is 11.9. The maximum atomic E-state index is 12.1. The van der Waals surface area contributed by atoms with Crippen molar-refractivity contribution >= 4 is 21.4 Å². The Labute approximate surface area is 115 Å². The lowest BCUT2D eigenvalue weighted by molar-refractivity contribution is 0.576. The van der Waals surface area contributed by atoms with E-state index in [-0.39, 0.29) is 18.1 Å². The molecule has 0 spiro atoms. The number of nitrogens with zero attached hydrogens (tertiary/aromatic N) is 2. The quantitative estimate of drug-likeness (QED) is 0.740. The molecule has 0 radical (unpaired) electrons. The van der Waals surface area contributed by atoms with Gasteiger partial charge in [-0.2, -0.15) is 5.10 Å². The Morgan fingerprint density at radius 2 is 2.21 bits per heavy atom. The number of rotatable bonds is 5. The average molecular weight is 301 g/mol. The second-order valence-corrected chi connectivity index (χ2v) is 7.01. The number of aromatic nitrogens is 3. The van der Waals surface area contributed by atoms with Crippen molar-refractivity contribution in [2.24, 2.45) is 5.73 Å². The molecule has 0 aromatic carbocycles. The average Bonchev–Trinajstić information content (AvgIpc) is 2.93. The van der Waals surface area contributed by atoms with E-state index in [9.17, 15) is 8.42 Å². The van der Waals surface area contributed by atoms with Crippen molar-refractivity contribution in [3.8, 4) is 0 Å². The van der Waals surface area contributed by atoms with Gasteiger partial charge in [-0.3, -0.25) is 5.10 Å². The van der Waals surface area contributed by atoms with E-state index in [1.54, 1.807) is 13.1 Å². The zero-order chi connectivity index (χ0) is 14.0. The molecule has 0 saturated heterocycles. The molecule has 0 bridgehead atoms. The SMILES string of the molecule is Cc1ncc(CNS(=O)(=O)c2n[nH]c(C)c2CN)s1. The van der Waals surface area contributed by atoms with E-state index in [2.05, 4.69) is 19.9 Å². The standard InChI is InChI=1S/C10H15N5O2S2/c1-6-9(3-11)10(15-14-6)19(16,17)13-5-8-4-12-7(2)18-8/h4,13H,3,5,11H2,1-2H3,(H,14,15). The van der Waals surface area contributed by atoms with Gasteiger partial charge in [-0.25, -0.2) is 18.1 Å². The summed E-state index contributed by atoms with van der Waals surface area (Å²) < 4.78 is 26.8. The summed E-state index contributed by atoms with van der Waals surface area (Å²) in [5.41, 5.74) is 6.71. The molecule has 2 heterocycles. The summed E-state index contributed by atoms with van der Waals surface area (Å²) in [5.74, 6) is 0. The number of hydrogen-bond donors (Lipinski definition) is 3. The van der Waals surface area contributed by atoms with Gasteiger partial charge in [0.05, 0.1) is 5.01 Å². The first-order valence-corrected chi connectivity index (χ1v) is 7.89.